The molecule has 2 aromatic heterocycles. The van der Waals surface area contributed by atoms with Crippen LogP contribution in [0.25, 0.3) is 43.6 Å². The van der Waals surface area contributed by atoms with Gasteiger partial charge in [-0.2, -0.15) is 0 Å². The lowest BCUT2D eigenvalue weighted by molar-refractivity contribution is 1.50. The van der Waals surface area contributed by atoms with Gasteiger partial charge in [0.25, 0.3) is 0 Å². The summed E-state index contributed by atoms with van der Waals surface area (Å²) in [6.07, 6.45) is 0. The van der Waals surface area contributed by atoms with Crippen molar-refractivity contribution in [1.29, 1.82) is 0 Å². The van der Waals surface area contributed by atoms with Crippen LogP contribution in [0, 0.1) is 0 Å². The van der Waals surface area contributed by atoms with Crippen LogP contribution in [0.4, 0.5) is 34.1 Å². The smallest absolute Gasteiger partial charge is 0.0466 e. The molecule has 0 spiro atoms. The normalized spacial score (nSPS) is 11.4. The Hall–Kier alpha value is -5.68. The molecule has 196 valence electrons. The van der Waals surface area contributed by atoms with Gasteiger partial charge in [0.1, 0.15) is 0 Å². The first-order chi connectivity index (χ1) is 20.2. The van der Waals surface area contributed by atoms with Crippen molar-refractivity contribution in [1.82, 2.24) is 9.97 Å². The summed E-state index contributed by atoms with van der Waals surface area (Å²) < 4.78 is 0. The van der Waals surface area contributed by atoms with Gasteiger partial charge in [0, 0.05) is 77.7 Å². The van der Waals surface area contributed by atoms with Crippen LogP contribution in [0.3, 0.4) is 0 Å². The molecule has 6 aromatic carbocycles. The molecular formula is C36H27N5. The third-order valence-electron chi connectivity index (χ3n) is 7.65. The van der Waals surface area contributed by atoms with Crippen LogP contribution in [0.2, 0.25) is 0 Å². The van der Waals surface area contributed by atoms with Crippen molar-refractivity contribution < 1.29 is 0 Å². The van der Waals surface area contributed by atoms with E-state index < -0.39 is 0 Å². The first-order valence-electron chi connectivity index (χ1n) is 13.8. The Balaban J connectivity index is 0.943. The molecular weight excluding hydrogens is 502 g/mol. The van der Waals surface area contributed by atoms with Gasteiger partial charge in [-0.3, -0.25) is 0 Å². The molecule has 0 bridgehead atoms. The zero-order valence-corrected chi connectivity index (χ0v) is 22.2. The lowest BCUT2D eigenvalue weighted by atomic mass is 10.1. The van der Waals surface area contributed by atoms with Crippen molar-refractivity contribution in [3.8, 4) is 0 Å². The molecule has 0 unspecified atom stereocenters. The van der Waals surface area contributed by atoms with Crippen LogP contribution in [0.1, 0.15) is 0 Å². The fourth-order valence-electron chi connectivity index (χ4n) is 5.63. The number of benzene rings is 6. The second-order valence-corrected chi connectivity index (χ2v) is 10.4. The van der Waals surface area contributed by atoms with Crippen LogP contribution < -0.4 is 16.0 Å². The molecule has 8 aromatic rings. The minimum Gasteiger partial charge on any atom is -0.356 e. The van der Waals surface area contributed by atoms with Gasteiger partial charge in [0.2, 0.25) is 0 Å². The maximum Gasteiger partial charge on any atom is 0.0466 e. The van der Waals surface area contributed by atoms with E-state index in [1.165, 1.54) is 21.5 Å². The number of hydrogen-bond donors (Lipinski definition) is 5. The summed E-state index contributed by atoms with van der Waals surface area (Å²) in [6.45, 7) is 0. The molecule has 2 heterocycles. The first-order valence-corrected chi connectivity index (χ1v) is 13.8. The van der Waals surface area contributed by atoms with Crippen LogP contribution in [-0.4, -0.2) is 9.97 Å². The van der Waals surface area contributed by atoms with E-state index in [0.29, 0.717) is 0 Å². The maximum atomic E-state index is 3.54. The van der Waals surface area contributed by atoms with Crippen molar-refractivity contribution in [3.05, 3.63) is 133 Å². The van der Waals surface area contributed by atoms with Crippen LogP contribution in [0.5, 0.6) is 0 Å². The van der Waals surface area contributed by atoms with E-state index >= 15 is 0 Å². The number of nitrogens with one attached hydrogen (secondary N) is 5. The van der Waals surface area contributed by atoms with Crippen LogP contribution in [-0.2, 0) is 0 Å². The van der Waals surface area contributed by atoms with Gasteiger partial charge in [0.15, 0.2) is 0 Å². The van der Waals surface area contributed by atoms with Crippen molar-refractivity contribution >= 4 is 77.7 Å². The Kier molecular flexibility index (Phi) is 5.38. The number of anilines is 6. The summed E-state index contributed by atoms with van der Waals surface area (Å²) in [6, 6.07) is 46.5. The van der Waals surface area contributed by atoms with Gasteiger partial charge >= 0.3 is 0 Å². The molecule has 41 heavy (non-hydrogen) atoms. The Labute approximate surface area is 236 Å². The number of aromatic amines is 2. The van der Waals surface area contributed by atoms with Gasteiger partial charge in [-0.05, 0) is 97.1 Å². The number of para-hydroxylation sites is 2. The molecule has 0 aliphatic heterocycles. The predicted molar refractivity (Wildman–Crippen MR) is 174 cm³/mol. The Morgan fingerprint density at radius 3 is 1.02 bits per heavy atom. The molecule has 0 aliphatic carbocycles. The highest BCUT2D eigenvalue weighted by atomic mass is 14.9. The summed E-state index contributed by atoms with van der Waals surface area (Å²) in [5.74, 6) is 0. The van der Waals surface area contributed by atoms with E-state index in [2.05, 4.69) is 159 Å². The fraction of sp³-hybridized carbons (Fsp3) is 0. The number of H-pyrrole nitrogens is 2. The molecule has 0 saturated heterocycles. The van der Waals surface area contributed by atoms with Crippen molar-refractivity contribution in [2.45, 2.75) is 0 Å². The first kappa shape index (κ1) is 23.2. The quantitative estimate of drug-likeness (QED) is 0.149. The van der Waals surface area contributed by atoms with Gasteiger partial charge in [-0.1, -0.05) is 36.4 Å². The molecule has 0 aliphatic rings. The molecule has 0 fully saturated rings. The summed E-state index contributed by atoms with van der Waals surface area (Å²) in [5, 5.41) is 15.5. The van der Waals surface area contributed by atoms with Gasteiger partial charge in [-0.15, -0.1) is 0 Å². The Bertz CT molecular complexity index is 2010. The zero-order chi connectivity index (χ0) is 27.2. The standard InChI is InChI=1S/C36H27N5/c1-3-7-33-29(5-1)31-21-27(17-19-35(31)40-33)38-25-13-9-23(10-14-25)37-24-11-15-26(16-12-24)39-28-18-20-36-32(22-28)30-6-2-4-8-34(30)41-36/h1-22,37-41H. The summed E-state index contributed by atoms with van der Waals surface area (Å²) >= 11 is 0. The molecule has 0 atom stereocenters. The highest BCUT2D eigenvalue weighted by molar-refractivity contribution is 6.09. The van der Waals surface area contributed by atoms with E-state index in [9.17, 15) is 0 Å². The Morgan fingerprint density at radius 1 is 0.293 bits per heavy atom. The topological polar surface area (TPSA) is 67.7 Å². The van der Waals surface area contributed by atoms with Crippen molar-refractivity contribution in [2.24, 2.45) is 0 Å². The molecule has 5 N–H and O–H groups in total. The van der Waals surface area contributed by atoms with Gasteiger partial charge in [0.05, 0.1) is 0 Å². The second-order valence-electron chi connectivity index (χ2n) is 10.4. The second kappa shape index (κ2) is 9.50. The zero-order valence-electron chi connectivity index (χ0n) is 22.2. The number of rotatable bonds is 6. The van der Waals surface area contributed by atoms with Gasteiger partial charge in [-0.25, -0.2) is 0 Å². The van der Waals surface area contributed by atoms with E-state index in [1.54, 1.807) is 0 Å². The number of aromatic nitrogens is 2. The van der Waals surface area contributed by atoms with Crippen molar-refractivity contribution in [2.75, 3.05) is 16.0 Å². The maximum absolute atomic E-state index is 3.54. The number of fused-ring (bicyclic) bond motifs is 6. The minimum absolute atomic E-state index is 1.04. The molecule has 5 nitrogen and oxygen atoms in total. The average Bonchev–Trinajstić information content (AvgIpc) is 3.57. The van der Waals surface area contributed by atoms with Crippen molar-refractivity contribution in [3.63, 3.8) is 0 Å². The predicted octanol–water partition coefficient (Wildman–Crippen LogP) is 10.2. The molecule has 0 saturated carbocycles. The van der Waals surface area contributed by atoms with E-state index in [0.717, 1.165) is 56.2 Å². The lowest BCUT2D eigenvalue weighted by Gasteiger charge is -2.11. The SMILES string of the molecule is c1ccc2c(c1)[nH]c1ccc(Nc3ccc(Nc4ccc(Nc5ccc6[nH]c7ccccc7c6c5)cc4)cc3)cc12. The monoisotopic (exact) mass is 529 g/mol. The fourth-order valence-corrected chi connectivity index (χ4v) is 5.63. The Morgan fingerprint density at radius 2 is 0.610 bits per heavy atom. The summed E-state index contributed by atoms with van der Waals surface area (Å²) in [5.41, 5.74) is 10.9. The van der Waals surface area contributed by atoms with Gasteiger partial charge < -0.3 is 25.9 Å². The minimum atomic E-state index is 1.04. The average molecular weight is 530 g/mol. The molecule has 0 radical (unpaired) electrons. The van der Waals surface area contributed by atoms with Crippen LogP contribution >= 0.6 is 0 Å². The summed E-state index contributed by atoms with van der Waals surface area (Å²) in [7, 11) is 0. The molecule has 8 rings (SSSR count). The third-order valence-corrected chi connectivity index (χ3v) is 7.65. The molecule has 0 amide bonds. The lowest BCUT2D eigenvalue weighted by Crippen LogP contribution is -1.94. The number of hydrogen-bond acceptors (Lipinski definition) is 3. The molecule has 5 heteroatoms. The van der Waals surface area contributed by atoms with E-state index in [1.807, 2.05) is 0 Å². The van der Waals surface area contributed by atoms with Crippen LogP contribution in [0.15, 0.2) is 133 Å². The van der Waals surface area contributed by atoms with E-state index in [4.69, 9.17) is 0 Å². The summed E-state index contributed by atoms with van der Waals surface area (Å²) in [4.78, 5) is 6.97. The largest absolute Gasteiger partial charge is 0.356 e. The third kappa shape index (κ3) is 4.39. The van der Waals surface area contributed by atoms with E-state index in [-0.39, 0.29) is 0 Å². The highest BCUT2D eigenvalue weighted by Gasteiger charge is 2.07. The highest BCUT2D eigenvalue weighted by Crippen LogP contribution is 2.31.